The third-order valence-electron chi connectivity index (χ3n) is 3.68. The fourth-order valence-corrected chi connectivity index (χ4v) is 2.25. The van der Waals surface area contributed by atoms with E-state index in [0.717, 1.165) is 5.56 Å². The Bertz CT molecular complexity index is 595. The normalized spacial score (nSPS) is 12.0. The van der Waals surface area contributed by atoms with E-state index in [1.165, 1.54) is 11.3 Å². The summed E-state index contributed by atoms with van der Waals surface area (Å²) >= 11 is 0. The highest BCUT2D eigenvalue weighted by molar-refractivity contribution is 5.51. The maximum atomic E-state index is 9.67. The first-order chi connectivity index (χ1) is 9.52. The Morgan fingerprint density at radius 1 is 1.15 bits per heavy atom. The number of benzene rings is 2. The van der Waals surface area contributed by atoms with Crippen LogP contribution in [0, 0.1) is 6.92 Å². The summed E-state index contributed by atoms with van der Waals surface area (Å²) in [7, 11) is 3.63. The first-order valence-corrected chi connectivity index (χ1v) is 6.69. The molecule has 0 aliphatic carbocycles. The van der Waals surface area contributed by atoms with Crippen molar-refractivity contribution in [1.82, 2.24) is 0 Å². The van der Waals surface area contributed by atoms with Crippen molar-refractivity contribution >= 4 is 5.69 Å². The minimum Gasteiger partial charge on any atom is -0.504 e. The highest BCUT2D eigenvalue weighted by Crippen LogP contribution is 2.32. The van der Waals surface area contributed by atoms with Gasteiger partial charge in [-0.25, -0.2) is 0 Å². The summed E-state index contributed by atoms with van der Waals surface area (Å²) in [6.07, 6.45) is 0. The molecular weight excluding hydrogens is 250 g/mol. The summed E-state index contributed by atoms with van der Waals surface area (Å²) in [6.45, 7) is 4.22. The summed E-state index contributed by atoms with van der Waals surface area (Å²) in [5, 5.41) is 9.67. The molecule has 1 N–H and O–H groups in total. The molecule has 2 aromatic rings. The van der Waals surface area contributed by atoms with Crippen molar-refractivity contribution < 1.29 is 9.84 Å². The van der Waals surface area contributed by atoms with Crippen molar-refractivity contribution in [1.29, 1.82) is 0 Å². The van der Waals surface area contributed by atoms with Gasteiger partial charge in [0.15, 0.2) is 11.5 Å². The molecule has 0 radical (unpaired) electrons. The smallest absolute Gasteiger partial charge is 0.160 e. The lowest BCUT2D eigenvalue weighted by Gasteiger charge is -2.28. The van der Waals surface area contributed by atoms with Gasteiger partial charge in [-0.3, -0.25) is 0 Å². The number of anilines is 1. The van der Waals surface area contributed by atoms with E-state index >= 15 is 0 Å². The first kappa shape index (κ1) is 14.3. The van der Waals surface area contributed by atoms with Gasteiger partial charge in [0.1, 0.15) is 0 Å². The second kappa shape index (κ2) is 5.87. The zero-order chi connectivity index (χ0) is 14.7. The average molecular weight is 271 g/mol. The van der Waals surface area contributed by atoms with Crippen LogP contribution < -0.4 is 9.64 Å². The lowest BCUT2D eigenvalue weighted by molar-refractivity contribution is 0.372. The molecule has 0 aliphatic heterocycles. The quantitative estimate of drug-likeness (QED) is 0.915. The van der Waals surface area contributed by atoms with E-state index in [2.05, 4.69) is 50.1 Å². The van der Waals surface area contributed by atoms with Crippen LogP contribution in [0.25, 0.3) is 0 Å². The summed E-state index contributed by atoms with van der Waals surface area (Å²) in [5.41, 5.74) is 3.51. The van der Waals surface area contributed by atoms with Crippen molar-refractivity contribution in [3.05, 3.63) is 53.6 Å². The molecule has 106 valence electrons. The van der Waals surface area contributed by atoms with Gasteiger partial charge in [-0.15, -0.1) is 0 Å². The fraction of sp³-hybridized carbons (Fsp3) is 0.294. The molecule has 0 aromatic heterocycles. The Hall–Kier alpha value is -2.16. The molecule has 1 atom stereocenters. The molecule has 2 aromatic carbocycles. The van der Waals surface area contributed by atoms with E-state index in [9.17, 15) is 5.11 Å². The molecule has 0 heterocycles. The number of hydrogen-bond donors (Lipinski definition) is 1. The predicted molar refractivity (Wildman–Crippen MR) is 82.7 cm³/mol. The van der Waals surface area contributed by atoms with Gasteiger partial charge in [0.2, 0.25) is 0 Å². The monoisotopic (exact) mass is 271 g/mol. The number of aromatic hydroxyl groups is 1. The van der Waals surface area contributed by atoms with Gasteiger partial charge in [0, 0.05) is 12.7 Å². The van der Waals surface area contributed by atoms with Crippen LogP contribution in [0.15, 0.2) is 42.5 Å². The third-order valence-corrected chi connectivity index (χ3v) is 3.68. The van der Waals surface area contributed by atoms with Crippen LogP contribution in [-0.4, -0.2) is 19.3 Å². The topological polar surface area (TPSA) is 32.7 Å². The van der Waals surface area contributed by atoms with Crippen molar-refractivity contribution in [2.45, 2.75) is 19.9 Å². The number of aryl methyl sites for hydroxylation is 1. The zero-order valence-corrected chi connectivity index (χ0v) is 12.4. The van der Waals surface area contributed by atoms with Crippen LogP contribution in [0.5, 0.6) is 11.5 Å². The molecule has 0 aliphatic rings. The standard InChI is InChI=1S/C17H21NO2/c1-12-6-5-7-15(10-12)18(3)13(2)14-8-9-16(19)17(11-14)20-4/h5-11,13,19H,1-4H3. The molecule has 0 bridgehead atoms. The second-order valence-electron chi connectivity index (χ2n) is 5.06. The summed E-state index contributed by atoms with van der Waals surface area (Å²) in [6, 6.07) is 14.1. The molecule has 0 amide bonds. The van der Waals surface area contributed by atoms with Gasteiger partial charge in [0.25, 0.3) is 0 Å². The van der Waals surface area contributed by atoms with E-state index in [0.29, 0.717) is 5.75 Å². The number of methoxy groups -OCH3 is 1. The molecule has 0 spiro atoms. The molecule has 0 saturated heterocycles. The Kier molecular flexibility index (Phi) is 4.18. The molecule has 1 unspecified atom stereocenters. The van der Waals surface area contributed by atoms with Gasteiger partial charge < -0.3 is 14.7 Å². The molecule has 2 rings (SSSR count). The number of phenols is 1. The van der Waals surface area contributed by atoms with E-state index in [4.69, 9.17) is 4.74 Å². The van der Waals surface area contributed by atoms with Gasteiger partial charge in [-0.1, -0.05) is 18.2 Å². The highest BCUT2D eigenvalue weighted by atomic mass is 16.5. The molecule has 3 nitrogen and oxygen atoms in total. The number of rotatable bonds is 4. The van der Waals surface area contributed by atoms with Crippen molar-refractivity contribution in [2.75, 3.05) is 19.1 Å². The Morgan fingerprint density at radius 2 is 1.90 bits per heavy atom. The summed E-state index contributed by atoms with van der Waals surface area (Å²) in [4.78, 5) is 2.21. The number of hydrogen-bond acceptors (Lipinski definition) is 3. The van der Waals surface area contributed by atoms with E-state index < -0.39 is 0 Å². The zero-order valence-electron chi connectivity index (χ0n) is 12.4. The lowest BCUT2D eigenvalue weighted by atomic mass is 10.1. The number of ether oxygens (including phenoxy) is 1. The van der Waals surface area contributed by atoms with Crippen molar-refractivity contribution in [3.63, 3.8) is 0 Å². The summed E-state index contributed by atoms with van der Waals surface area (Å²) < 4.78 is 5.17. The molecule has 20 heavy (non-hydrogen) atoms. The van der Waals surface area contributed by atoms with Gasteiger partial charge in [-0.05, 0) is 49.2 Å². The minimum atomic E-state index is 0.168. The van der Waals surface area contributed by atoms with Crippen LogP contribution >= 0.6 is 0 Å². The van der Waals surface area contributed by atoms with Gasteiger partial charge >= 0.3 is 0 Å². The maximum absolute atomic E-state index is 9.67. The molecule has 0 fully saturated rings. The van der Waals surface area contributed by atoms with E-state index in [-0.39, 0.29) is 11.8 Å². The molecule has 0 saturated carbocycles. The predicted octanol–water partition coefficient (Wildman–Crippen LogP) is 3.91. The lowest BCUT2D eigenvalue weighted by Crippen LogP contribution is -2.21. The second-order valence-corrected chi connectivity index (χ2v) is 5.06. The van der Waals surface area contributed by atoms with Crippen LogP contribution in [-0.2, 0) is 0 Å². The average Bonchev–Trinajstić information content (AvgIpc) is 2.46. The third kappa shape index (κ3) is 2.87. The Morgan fingerprint density at radius 3 is 2.55 bits per heavy atom. The van der Waals surface area contributed by atoms with Crippen LogP contribution in [0.3, 0.4) is 0 Å². The number of nitrogens with zero attached hydrogens (tertiary/aromatic N) is 1. The summed E-state index contributed by atoms with van der Waals surface area (Å²) in [5.74, 6) is 0.675. The minimum absolute atomic E-state index is 0.168. The fourth-order valence-electron chi connectivity index (χ4n) is 2.25. The molecular formula is C17H21NO2. The first-order valence-electron chi connectivity index (χ1n) is 6.69. The highest BCUT2D eigenvalue weighted by Gasteiger charge is 2.14. The van der Waals surface area contributed by atoms with Crippen LogP contribution in [0.4, 0.5) is 5.69 Å². The van der Waals surface area contributed by atoms with Gasteiger partial charge in [0.05, 0.1) is 13.2 Å². The van der Waals surface area contributed by atoms with Crippen LogP contribution in [0.2, 0.25) is 0 Å². The SMILES string of the molecule is COc1cc(C(C)N(C)c2cccc(C)c2)ccc1O. The molecule has 3 heteroatoms. The van der Waals surface area contributed by atoms with E-state index in [1.54, 1.807) is 13.2 Å². The number of phenolic OH excluding ortho intramolecular Hbond substituents is 1. The van der Waals surface area contributed by atoms with E-state index in [1.807, 2.05) is 12.1 Å². The van der Waals surface area contributed by atoms with Crippen LogP contribution in [0.1, 0.15) is 24.1 Å². The Labute approximate surface area is 120 Å². The Balaban J connectivity index is 2.28. The largest absolute Gasteiger partial charge is 0.504 e. The van der Waals surface area contributed by atoms with Crippen molar-refractivity contribution in [2.24, 2.45) is 0 Å². The maximum Gasteiger partial charge on any atom is 0.160 e. The van der Waals surface area contributed by atoms with Crippen molar-refractivity contribution in [3.8, 4) is 11.5 Å². The van der Waals surface area contributed by atoms with Gasteiger partial charge in [-0.2, -0.15) is 0 Å².